The molecule has 0 radical (unpaired) electrons. The molecule has 5 nitrogen and oxygen atoms in total. The van der Waals surface area contributed by atoms with Crippen molar-refractivity contribution in [3.05, 3.63) is 22.4 Å². The Morgan fingerprint density at radius 1 is 1.45 bits per heavy atom. The number of carbonyl (C=O) groups is 2. The lowest BCUT2D eigenvalue weighted by Gasteiger charge is -2.25. The quantitative estimate of drug-likeness (QED) is 0.858. The van der Waals surface area contributed by atoms with E-state index in [2.05, 4.69) is 0 Å². The molecule has 6 heteroatoms. The predicted octanol–water partition coefficient (Wildman–Crippen LogP) is 3.08. The Bertz CT molecular complexity index is 522. The normalized spacial score (nSPS) is 18.4. The van der Waals surface area contributed by atoms with Gasteiger partial charge in [0.25, 0.3) is 5.91 Å². The third-order valence-corrected chi connectivity index (χ3v) is 4.27. The minimum Gasteiger partial charge on any atom is -0.444 e. The lowest BCUT2D eigenvalue weighted by atomic mass is 10.1. The average Bonchev–Trinajstić information content (AvgIpc) is 3.06. The maximum Gasteiger partial charge on any atom is 0.410 e. The Morgan fingerprint density at radius 2 is 2.18 bits per heavy atom. The molecule has 1 fully saturated rings. The van der Waals surface area contributed by atoms with E-state index >= 15 is 0 Å². The second kappa shape index (κ2) is 6.69. The smallest absolute Gasteiger partial charge is 0.410 e. The van der Waals surface area contributed by atoms with E-state index in [9.17, 15) is 9.59 Å². The van der Waals surface area contributed by atoms with E-state index in [1.807, 2.05) is 44.6 Å². The maximum absolute atomic E-state index is 12.2. The molecule has 1 aliphatic rings. The van der Waals surface area contributed by atoms with Crippen LogP contribution in [0.5, 0.6) is 0 Å². The summed E-state index contributed by atoms with van der Waals surface area (Å²) in [6.45, 7) is 7.60. The summed E-state index contributed by atoms with van der Waals surface area (Å²) in [6.07, 6.45) is 0.641. The molecular weight excluding hydrogens is 300 g/mol. The Kier molecular flexibility index (Phi) is 5.11. The number of amides is 2. The molecule has 0 N–H and O–H groups in total. The largest absolute Gasteiger partial charge is 0.444 e. The molecule has 1 aromatic heterocycles. The molecule has 0 spiro atoms. The number of nitrogens with zero attached hydrogens (tertiary/aromatic N) is 2. The van der Waals surface area contributed by atoms with Crippen LogP contribution in [0.4, 0.5) is 4.79 Å². The van der Waals surface area contributed by atoms with Gasteiger partial charge >= 0.3 is 6.09 Å². The highest BCUT2D eigenvalue weighted by Crippen LogP contribution is 2.21. The highest BCUT2D eigenvalue weighted by molar-refractivity contribution is 7.08. The van der Waals surface area contributed by atoms with E-state index in [1.54, 1.807) is 9.80 Å². The molecule has 1 aromatic rings. The molecular formula is C16H24N2O3S. The van der Waals surface area contributed by atoms with Crippen LogP contribution in [0.3, 0.4) is 0 Å². The van der Waals surface area contributed by atoms with Crippen molar-refractivity contribution in [1.29, 1.82) is 0 Å². The van der Waals surface area contributed by atoms with Crippen molar-refractivity contribution in [2.24, 2.45) is 5.92 Å². The molecule has 2 amide bonds. The number of hydrogen-bond acceptors (Lipinski definition) is 4. The van der Waals surface area contributed by atoms with Crippen LogP contribution >= 0.6 is 11.3 Å². The number of rotatable bonds is 3. The fraction of sp³-hybridized carbons (Fsp3) is 0.625. The Hall–Kier alpha value is -1.56. The second-order valence-corrected chi connectivity index (χ2v) is 7.56. The van der Waals surface area contributed by atoms with E-state index in [-0.39, 0.29) is 12.0 Å². The standard InChI is InChI=1S/C16H24N2O3S/c1-16(2,3)21-15(20)18-7-5-12(10-18)9-17(4)14(19)13-6-8-22-11-13/h6,8,11-12H,5,7,9-10H2,1-4H3. The highest BCUT2D eigenvalue weighted by Gasteiger charge is 2.31. The summed E-state index contributed by atoms with van der Waals surface area (Å²) in [6, 6.07) is 1.84. The van der Waals surface area contributed by atoms with Gasteiger partial charge in [-0.25, -0.2) is 4.79 Å². The van der Waals surface area contributed by atoms with Gasteiger partial charge in [-0.1, -0.05) is 0 Å². The number of carbonyl (C=O) groups excluding carboxylic acids is 2. The van der Waals surface area contributed by atoms with Gasteiger partial charge in [-0.05, 0) is 44.6 Å². The van der Waals surface area contributed by atoms with E-state index in [0.717, 1.165) is 12.0 Å². The topological polar surface area (TPSA) is 49.9 Å². The summed E-state index contributed by atoms with van der Waals surface area (Å²) in [5.74, 6) is 0.345. The lowest BCUT2D eigenvalue weighted by Crippen LogP contribution is -2.37. The summed E-state index contributed by atoms with van der Waals surface area (Å²) >= 11 is 1.52. The van der Waals surface area contributed by atoms with Crippen LogP contribution in [0.1, 0.15) is 37.6 Å². The molecule has 0 aromatic carbocycles. The fourth-order valence-corrected chi connectivity index (χ4v) is 3.18. The van der Waals surface area contributed by atoms with Gasteiger partial charge in [0.15, 0.2) is 0 Å². The van der Waals surface area contributed by atoms with Crippen molar-refractivity contribution < 1.29 is 14.3 Å². The van der Waals surface area contributed by atoms with E-state index in [0.29, 0.717) is 25.6 Å². The molecule has 1 atom stereocenters. The van der Waals surface area contributed by atoms with E-state index in [1.165, 1.54) is 11.3 Å². The number of hydrogen-bond donors (Lipinski definition) is 0. The summed E-state index contributed by atoms with van der Waals surface area (Å²) in [7, 11) is 1.82. The number of ether oxygens (including phenoxy) is 1. The molecule has 122 valence electrons. The van der Waals surface area contributed by atoms with Gasteiger partial charge in [0, 0.05) is 32.1 Å². The maximum atomic E-state index is 12.2. The van der Waals surface area contributed by atoms with Crippen molar-refractivity contribution in [2.75, 3.05) is 26.7 Å². The van der Waals surface area contributed by atoms with Crippen LogP contribution < -0.4 is 0 Å². The minimum atomic E-state index is -0.471. The van der Waals surface area contributed by atoms with Crippen LogP contribution in [0.15, 0.2) is 16.8 Å². The van der Waals surface area contributed by atoms with Gasteiger partial charge in [-0.15, -0.1) is 0 Å². The monoisotopic (exact) mass is 324 g/mol. The predicted molar refractivity (Wildman–Crippen MR) is 87.2 cm³/mol. The van der Waals surface area contributed by atoms with Crippen molar-refractivity contribution in [3.63, 3.8) is 0 Å². The first-order chi connectivity index (χ1) is 10.3. The molecule has 22 heavy (non-hydrogen) atoms. The van der Waals surface area contributed by atoms with Gasteiger partial charge in [-0.3, -0.25) is 4.79 Å². The third kappa shape index (κ3) is 4.47. The minimum absolute atomic E-state index is 0.0389. The first-order valence-corrected chi connectivity index (χ1v) is 8.46. The third-order valence-electron chi connectivity index (χ3n) is 3.58. The Labute approximate surface area is 135 Å². The van der Waals surface area contributed by atoms with E-state index < -0.39 is 5.60 Å². The van der Waals surface area contributed by atoms with Gasteiger partial charge in [0.2, 0.25) is 0 Å². The summed E-state index contributed by atoms with van der Waals surface area (Å²) < 4.78 is 5.39. The van der Waals surface area contributed by atoms with E-state index in [4.69, 9.17) is 4.74 Å². The molecule has 0 saturated carbocycles. The van der Waals surface area contributed by atoms with Crippen molar-refractivity contribution >= 4 is 23.3 Å². The number of likely N-dealkylation sites (tertiary alicyclic amines) is 1. The molecule has 2 rings (SSSR count). The average molecular weight is 324 g/mol. The Balaban J connectivity index is 1.83. The fourth-order valence-electron chi connectivity index (χ4n) is 2.55. The lowest BCUT2D eigenvalue weighted by molar-refractivity contribution is 0.0286. The SMILES string of the molecule is CN(CC1CCN(C(=O)OC(C)(C)C)C1)C(=O)c1ccsc1. The first kappa shape index (κ1) is 16.8. The van der Waals surface area contributed by atoms with Crippen LogP contribution in [0.25, 0.3) is 0 Å². The van der Waals surface area contributed by atoms with Gasteiger partial charge in [0.05, 0.1) is 5.56 Å². The summed E-state index contributed by atoms with van der Waals surface area (Å²) in [5, 5.41) is 3.77. The van der Waals surface area contributed by atoms with Gasteiger partial charge in [-0.2, -0.15) is 11.3 Å². The van der Waals surface area contributed by atoms with Crippen molar-refractivity contribution in [2.45, 2.75) is 32.8 Å². The Morgan fingerprint density at radius 3 is 2.77 bits per heavy atom. The molecule has 0 aliphatic carbocycles. The molecule has 0 bridgehead atoms. The molecule has 1 saturated heterocycles. The molecule has 1 aliphatic heterocycles. The first-order valence-electron chi connectivity index (χ1n) is 7.52. The van der Waals surface area contributed by atoms with Crippen LogP contribution in [-0.2, 0) is 4.74 Å². The van der Waals surface area contributed by atoms with Gasteiger partial charge < -0.3 is 14.5 Å². The van der Waals surface area contributed by atoms with Crippen molar-refractivity contribution in [1.82, 2.24) is 9.80 Å². The van der Waals surface area contributed by atoms with Gasteiger partial charge in [0.1, 0.15) is 5.60 Å². The molecule has 1 unspecified atom stereocenters. The highest BCUT2D eigenvalue weighted by atomic mass is 32.1. The van der Waals surface area contributed by atoms with Crippen LogP contribution in [-0.4, -0.2) is 54.1 Å². The molecule has 2 heterocycles. The zero-order chi connectivity index (χ0) is 16.3. The zero-order valence-corrected chi connectivity index (χ0v) is 14.5. The van der Waals surface area contributed by atoms with Crippen molar-refractivity contribution in [3.8, 4) is 0 Å². The second-order valence-electron chi connectivity index (χ2n) is 6.78. The summed E-state index contributed by atoms with van der Waals surface area (Å²) in [5.41, 5.74) is 0.260. The van der Waals surface area contributed by atoms with Crippen LogP contribution in [0.2, 0.25) is 0 Å². The number of thiophene rings is 1. The summed E-state index contributed by atoms with van der Waals surface area (Å²) in [4.78, 5) is 27.7. The zero-order valence-electron chi connectivity index (χ0n) is 13.7. The van der Waals surface area contributed by atoms with Crippen LogP contribution in [0, 0.1) is 5.92 Å².